The maximum Gasteiger partial charge on any atom is 0.223 e. The number of anilines is 1. The summed E-state index contributed by atoms with van der Waals surface area (Å²) in [4.78, 5) is 8.15. The van der Waals surface area contributed by atoms with Crippen molar-refractivity contribution in [3.8, 4) is 22.8 Å². The Bertz CT molecular complexity index is 598. The monoisotopic (exact) mass is 291 g/mol. The van der Waals surface area contributed by atoms with Crippen molar-refractivity contribution in [2.45, 2.75) is 13.3 Å². The lowest BCUT2D eigenvalue weighted by atomic mass is 10.1. The highest BCUT2D eigenvalue weighted by molar-refractivity contribution is 5.65. The van der Waals surface area contributed by atoms with Crippen LogP contribution in [0.15, 0.2) is 24.4 Å². The zero-order chi connectivity index (χ0) is 15.2. The molecule has 0 aliphatic carbocycles. The molecule has 1 N–H and O–H groups in total. The molecule has 112 valence electrons. The lowest BCUT2D eigenvalue weighted by molar-refractivity contribution is 0.394. The van der Waals surface area contributed by atoms with E-state index in [1.54, 1.807) is 32.4 Å². The van der Waals surface area contributed by atoms with Crippen LogP contribution < -0.4 is 14.8 Å². The van der Waals surface area contributed by atoms with Crippen molar-refractivity contribution in [3.05, 3.63) is 30.2 Å². The number of halogens is 1. The second-order valence-corrected chi connectivity index (χ2v) is 4.42. The second kappa shape index (κ2) is 6.88. The van der Waals surface area contributed by atoms with Crippen LogP contribution in [0.5, 0.6) is 11.5 Å². The molecule has 2 rings (SSSR count). The first-order valence-corrected chi connectivity index (χ1v) is 6.67. The van der Waals surface area contributed by atoms with Gasteiger partial charge in [0.1, 0.15) is 17.2 Å². The van der Waals surface area contributed by atoms with Gasteiger partial charge in [0.05, 0.1) is 20.4 Å². The number of benzene rings is 1. The summed E-state index contributed by atoms with van der Waals surface area (Å²) in [5.74, 6) is 1.05. The smallest absolute Gasteiger partial charge is 0.223 e. The van der Waals surface area contributed by atoms with E-state index in [1.165, 1.54) is 0 Å². The average Bonchev–Trinajstić information content (AvgIpc) is 2.53. The lowest BCUT2D eigenvalue weighted by Gasteiger charge is -2.10. The topological polar surface area (TPSA) is 56.3 Å². The number of nitrogens with one attached hydrogen (secondary N) is 1. The fourth-order valence-electron chi connectivity index (χ4n) is 1.84. The molecule has 6 heteroatoms. The van der Waals surface area contributed by atoms with Gasteiger partial charge in [-0.2, -0.15) is 0 Å². The summed E-state index contributed by atoms with van der Waals surface area (Å²) in [5, 5.41) is 3.04. The molecule has 0 fully saturated rings. The van der Waals surface area contributed by atoms with E-state index < -0.39 is 5.82 Å². The van der Waals surface area contributed by atoms with Gasteiger partial charge in [0.15, 0.2) is 5.82 Å². The standard InChI is InChI=1S/C15H18FN3O2/c1-4-5-17-15-18-9-13(16)14(19-15)10-6-11(20-2)8-12(7-10)21-3/h6-9H,4-5H2,1-3H3,(H,17,18,19). The second-order valence-electron chi connectivity index (χ2n) is 4.42. The van der Waals surface area contributed by atoms with Gasteiger partial charge in [-0.1, -0.05) is 6.92 Å². The SMILES string of the molecule is CCCNc1ncc(F)c(-c2cc(OC)cc(OC)c2)n1. The maximum absolute atomic E-state index is 14.0. The van der Waals surface area contributed by atoms with Gasteiger partial charge < -0.3 is 14.8 Å². The summed E-state index contributed by atoms with van der Waals surface area (Å²) >= 11 is 0. The number of hydrogen-bond donors (Lipinski definition) is 1. The van der Waals surface area contributed by atoms with Gasteiger partial charge in [-0.15, -0.1) is 0 Å². The van der Waals surface area contributed by atoms with Gasteiger partial charge in [-0.05, 0) is 18.6 Å². The van der Waals surface area contributed by atoms with E-state index in [4.69, 9.17) is 9.47 Å². The van der Waals surface area contributed by atoms with E-state index in [0.29, 0.717) is 23.0 Å². The summed E-state index contributed by atoms with van der Waals surface area (Å²) in [5.41, 5.74) is 0.784. The molecule has 0 saturated heterocycles. The Balaban J connectivity index is 2.44. The van der Waals surface area contributed by atoms with Gasteiger partial charge in [0, 0.05) is 18.2 Å². The van der Waals surface area contributed by atoms with Gasteiger partial charge >= 0.3 is 0 Å². The molecule has 0 spiro atoms. The number of nitrogens with zero attached hydrogens (tertiary/aromatic N) is 2. The third kappa shape index (κ3) is 3.59. The third-order valence-electron chi connectivity index (χ3n) is 2.90. The summed E-state index contributed by atoms with van der Waals surface area (Å²) in [6.45, 7) is 2.76. The van der Waals surface area contributed by atoms with E-state index in [0.717, 1.165) is 19.2 Å². The fourth-order valence-corrected chi connectivity index (χ4v) is 1.84. The number of methoxy groups -OCH3 is 2. The molecule has 1 aromatic heterocycles. The van der Waals surface area contributed by atoms with E-state index in [-0.39, 0.29) is 5.69 Å². The fraction of sp³-hybridized carbons (Fsp3) is 0.333. The molecule has 21 heavy (non-hydrogen) atoms. The van der Waals surface area contributed by atoms with Crippen LogP contribution in [-0.4, -0.2) is 30.7 Å². The Morgan fingerprint density at radius 2 is 1.81 bits per heavy atom. The molecule has 1 aromatic carbocycles. The number of rotatable bonds is 6. The molecule has 0 bridgehead atoms. The van der Waals surface area contributed by atoms with Crippen molar-refractivity contribution < 1.29 is 13.9 Å². The number of ether oxygens (including phenoxy) is 2. The minimum Gasteiger partial charge on any atom is -0.497 e. The minimum atomic E-state index is -0.493. The van der Waals surface area contributed by atoms with Crippen molar-refractivity contribution in [3.63, 3.8) is 0 Å². The van der Waals surface area contributed by atoms with E-state index in [1.807, 2.05) is 6.92 Å². The predicted octanol–water partition coefficient (Wildman–Crippen LogP) is 3.12. The Morgan fingerprint density at radius 3 is 2.38 bits per heavy atom. The average molecular weight is 291 g/mol. The number of hydrogen-bond acceptors (Lipinski definition) is 5. The Labute approximate surface area is 123 Å². The molecule has 0 atom stereocenters. The summed E-state index contributed by atoms with van der Waals surface area (Å²) < 4.78 is 24.4. The molecule has 1 heterocycles. The molecule has 5 nitrogen and oxygen atoms in total. The first kappa shape index (κ1) is 15.0. The Kier molecular flexibility index (Phi) is 4.92. The normalized spacial score (nSPS) is 10.3. The van der Waals surface area contributed by atoms with Crippen molar-refractivity contribution in [2.75, 3.05) is 26.1 Å². The van der Waals surface area contributed by atoms with Crippen LogP contribution in [0, 0.1) is 5.82 Å². The molecule has 0 saturated carbocycles. The Hall–Kier alpha value is -2.37. The van der Waals surface area contributed by atoms with Crippen molar-refractivity contribution in [2.24, 2.45) is 0 Å². The molecule has 0 unspecified atom stereocenters. The third-order valence-corrected chi connectivity index (χ3v) is 2.90. The van der Waals surface area contributed by atoms with E-state index in [2.05, 4.69) is 15.3 Å². The van der Waals surface area contributed by atoms with E-state index in [9.17, 15) is 4.39 Å². The highest BCUT2D eigenvalue weighted by Gasteiger charge is 2.12. The quantitative estimate of drug-likeness (QED) is 0.886. The molecule has 0 aliphatic heterocycles. The van der Waals surface area contributed by atoms with Gasteiger partial charge in [0.25, 0.3) is 0 Å². The predicted molar refractivity (Wildman–Crippen MR) is 79.3 cm³/mol. The molecule has 0 amide bonds. The Morgan fingerprint density at radius 1 is 1.14 bits per heavy atom. The highest BCUT2D eigenvalue weighted by atomic mass is 19.1. The van der Waals surface area contributed by atoms with E-state index >= 15 is 0 Å². The summed E-state index contributed by atoms with van der Waals surface area (Å²) in [7, 11) is 3.09. The van der Waals surface area contributed by atoms with Crippen molar-refractivity contribution in [1.29, 1.82) is 0 Å². The van der Waals surface area contributed by atoms with Crippen LogP contribution in [0.1, 0.15) is 13.3 Å². The zero-order valence-corrected chi connectivity index (χ0v) is 12.3. The van der Waals surface area contributed by atoms with Gasteiger partial charge in [-0.25, -0.2) is 14.4 Å². The highest BCUT2D eigenvalue weighted by Crippen LogP contribution is 2.30. The molecule has 0 radical (unpaired) electrons. The van der Waals surface area contributed by atoms with Crippen LogP contribution in [0.3, 0.4) is 0 Å². The maximum atomic E-state index is 14.0. The summed E-state index contributed by atoms with van der Waals surface area (Å²) in [6.07, 6.45) is 2.09. The number of aromatic nitrogens is 2. The lowest BCUT2D eigenvalue weighted by Crippen LogP contribution is -2.06. The van der Waals surface area contributed by atoms with Gasteiger partial charge in [-0.3, -0.25) is 0 Å². The van der Waals surface area contributed by atoms with Crippen molar-refractivity contribution >= 4 is 5.95 Å². The zero-order valence-electron chi connectivity index (χ0n) is 12.3. The first-order chi connectivity index (χ1) is 10.2. The molecular formula is C15H18FN3O2. The largest absolute Gasteiger partial charge is 0.497 e. The van der Waals surface area contributed by atoms with Gasteiger partial charge in [0.2, 0.25) is 5.95 Å². The van der Waals surface area contributed by atoms with Crippen LogP contribution in [-0.2, 0) is 0 Å². The minimum absolute atomic E-state index is 0.209. The molecular weight excluding hydrogens is 273 g/mol. The molecule has 0 aliphatic rings. The first-order valence-electron chi connectivity index (χ1n) is 6.67. The van der Waals surface area contributed by atoms with Crippen LogP contribution in [0.25, 0.3) is 11.3 Å². The van der Waals surface area contributed by atoms with Crippen LogP contribution in [0.2, 0.25) is 0 Å². The van der Waals surface area contributed by atoms with Crippen LogP contribution >= 0.6 is 0 Å². The summed E-state index contributed by atoms with van der Waals surface area (Å²) in [6, 6.07) is 5.13. The van der Waals surface area contributed by atoms with Crippen molar-refractivity contribution in [1.82, 2.24) is 9.97 Å². The molecule has 2 aromatic rings. The van der Waals surface area contributed by atoms with Crippen LogP contribution in [0.4, 0.5) is 10.3 Å².